The number of nitrogens with one attached hydrogen (secondary N) is 2. The molecule has 1 aromatic carbocycles. The molecular formula is C16H16F3N3O2. The molecule has 0 fully saturated rings. The molecule has 0 saturated heterocycles. The van der Waals surface area contributed by atoms with E-state index in [2.05, 4.69) is 15.5 Å². The SMILES string of the molecule is O=C(NCC(O)c1cccc(C(F)(F)F)c1)c1n[nH]c2c1CCC2. The third kappa shape index (κ3) is 3.28. The van der Waals surface area contributed by atoms with Crippen molar-refractivity contribution in [1.29, 1.82) is 0 Å². The summed E-state index contributed by atoms with van der Waals surface area (Å²) in [6.45, 7) is -0.193. The maximum atomic E-state index is 12.7. The van der Waals surface area contributed by atoms with Crippen molar-refractivity contribution in [3.05, 3.63) is 52.3 Å². The lowest BCUT2D eigenvalue weighted by Crippen LogP contribution is -2.29. The number of hydrogen-bond donors (Lipinski definition) is 3. The molecule has 1 amide bonds. The summed E-state index contributed by atoms with van der Waals surface area (Å²) in [5.74, 6) is -0.444. The van der Waals surface area contributed by atoms with Crippen LogP contribution in [-0.4, -0.2) is 27.8 Å². The molecular weight excluding hydrogens is 323 g/mol. The normalized spacial score (nSPS) is 15.2. The monoisotopic (exact) mass is 339 g/mol. The molecule has 0 aliphatic heterocycles. The first-order valence-electron chi connectivity index (χ1n) is 7.56. The maximum Gasteiger partial charge on any atom is 0.416 e. The minimum atomic E-state index is -4.48. The standard InChI is InChI=1S/C16H16F3N3O2/c17-16(18,19)10-4-1-3-9(7-10)13(23)8-20-15(24)14-11-5-2-6-12(11)21-22-14/h1,3-4,7,13,23H,2,5-6,8H2,(H,20,24)(H,21,22). The second kappa shape index (κ2) is 6.27. The Balaban J connectivity index is 1.65. The third-order valence-corrected chi connectivity index (χ3v) is 4.08. The molecule has 1 heterocycles. The highest BCUT2D eigenvalue weighted by Crippen LogP contribution is 2.30. The molecule has 128 valence electrons. The first-order chi connectivity index (χ1) is 11.4. The Labute approximate surface area is 135 Å². The van der Waals surface area contributed by atoms with Gasteiger partial charge in [-0.05, 0) is 37.0 Å². The van der Waals surface area contributed by atoms with Gasteiger partial charge >= 0.3 is 6.18 Å². The number of carbonyl (C=O) groups excluding carboxylic acids is 1. The van der Waals surface area contributed by atoms with Gasteiger partial charge in [0.15, 0.2) is 5.69 Å². The zero-order chi connectivity index (χ0) is 17.3. The Hall–Kier alpha value is -2.35. The fraction of sp³-hybridized carbons (Fsp3) is 0.375. The molecule has 1 aromatic heterocycles. The molecule has 0 spiro atoms. The van der Waals surface area contributed by atoms with Crippen molar-refractivity contribution in [1.82, 2.24) is 15.5 Å². The van der Waals surface area contributed by atoms with Crippen LogP contribution < -0.4 is 5.32 Å². The van der Waals surface area contributed by atoms with Crippen LogP contribution in [0, 0.1) is 0 Å². The largest absolute Gasteiger partial charge is 0.416 e. The lowest BCUT2D eigenvalue weighted by atomic mass is 10.1. The van der Waals surface area contributed by atoms with Crippen molar-refractivity contribution in [3.63, 3.8) is 0 Å². The van der Waals surface area contributed by atoms with E-state index in [1.807, 2.05) is 0 Å². The van der Waals surface area contributed by atoms with Gasteiger partial charge < -0.3 is 10.4 Å². The van der Waals surface area contributed by atoms with E-state index in [0.717, 1.165) is 42.7 Å². The van der Waals surface area contributed by atoms with Crippen LogP contribution in [-0.2, 0) is 19.0 Å². The van der Waals surface area contributed by atoms with Crippen LogP contribution in [0.3, 0.4) is 0 Å². The number of aryl methyl sites for hydroxylation is 1. The number of hydrogen-bond acceptors (Lipinski definition) is 3. The molecule has 8 heteroatoms. The van der Waals surface area contributed by atoms with Gasteiger partial charge in [0, 0.05) is 17.8 Å². The number of fused-ring (bicyclic) bond motifs is 1. The number of H-pyrrole nitrogens is 1. The van der Waals surface area contributed by atoms with Crippen LogP contribution in [0.25, 0.3) is 0 Å². The van der Waals surface area contributed by atoms with E-state index >= 15 is 0 Å². The number of aliphatic hydroxyl groups excluding tert-OH is 1. The number of aliphatic hydroxyl groups is 1. The Kier molecular flexibility index (Phi) is 4.31. The number of carbonyl (C=O) groups is 1. The van der Waals surface area contributed by atoms with Crippen LogP contribution in [0.4, 0.5) is 13.2 Å². The van der Waals surface area contributed by atoms with E-state index in [0.29, 0.717) is 5.69 Å². The molecule has 24 heavy (non-hydrogen) atoms. The van der Waals surface area contributed by atoms with E-state index in [9.17, 15) is 23.1 Å². The molecule has 5 nitrogen and oxygen atoms in total. The van der Waals surface area contributed by atoms with Crippen LogP contribution in [0.5, 0.6) is 0 Å². The second-order valence-electron chi connectivity index (χ2n) is 5.73. The molecule has 0 saturated carbocycles. The van der Waals surface area contributed by atoms with Gasteiger partial charge in [-0.15, -0.1) is 0 Å². The van der Waals surface area contributed by atoms with Crippen molar-refractivity contribution < 1.29 is 23.1 Å². The van der Waals surface area contributed by atoms with Crippen LogP contribution in [0.1, 0.15) is 45.4 Å². The molecule has 1 aliphatic rings. The van der Waals surface area contributed by atoms with Crippen LogP contribution in [0.15, 0.2) is 24.3 Å². The summed E-state index contributed by atoms with van der Waals surface area (Å²) in [5.41, 5.74) is 1.37. The van der Waals surface area contributed by atoms with Gasteiger partial charge in [0.1, 0.15) is 0 Å². The Morgan fingerprint density at radius 1 is 1.38 bits per heavy atom. The Bertz CT molecular complexity index is 755. The number of aromatic amines is 1. The lowest BCUT2D eigenvalue weighted by Gasteiger charge is -2.14. The Morgan fingerprint density at radius 2 is 2.17 bits per heavy atom. The first-order valence-corrected chi connectivity index (χ1v) is 7.56. The zero-order valence-corrected chi connectivity index (χ0v) is 12.7. The molecule has 0 radical (unpaired) electrons. The minimum absolute atomic E-state index is 0.0948. The molecule has 3 N–H and O–H groups in total. The van der Waals surface area contributed by atoms with Crippen molar-refractivity contribution in [2.24, 2.45) is 0 Å². The quantitative estimate of drug-likeness (QED) is 0.800. The predicted octanol–water partition coefficient (Wildman–Crippen LogP) is 2.38. The highest BCUT2D eigenvalue weighted by molar-refractivity contribution is 5.94. The number of aromatic nitrogens is 2. The zero-order valence-electron chi connectivity index (χ0n) is 12.7. The van der Waals surface area contributed by atoms with Gasteiger partial charge in [0.2, 0.25) is 0 Å². The highest BCUT2D eigenvalue weighted by Gasteiger charge is 2.31. The van der Waals surface area contributed by atoms with E-state index < -0.39 is 23.8 Å². The van der Waals surface area contributed by atoms with Gasteiger partial charge in [-0.3, -0.25) is 9.89 Å². The van der Waals surface area contributed by atoms with Crippen molar-refractivity contribution in [3.8, 4) is 0 Å². The van der Waals surface area contributed by atoms with Gasteiger partial charge in [0.05, 0.1) is 11.7 Å². The van der Waals surface area contributed by atoms with Gasteiger partial charge in [-0.1, -0.05) is 12.1 Å². The molecule has 1 atom stereocenters. The van der Waals surface area contributed by atoms with Gasteiger partial charge in [-0.2, -0.15) is 18.3 Å². The van der Waals surface area contributed by atoms with Crippen molar-refractivity contribution >= 4 is 5.91 Å². The minimum Gasteiger partial charge on any atom is -0.387 e. The molecule has 2 aromatic rings. The highest BCUT2D eigenvalue weighted by atomic mass is 19.4. The molecule has 1 unspecified atom stereocenters. The summed E-state index contributed by atoms with van der Waals surface area (Å²) in [6.07, 6.45) is -3.14. The van der Waals surface area contributed by atoms with Crippen LogP contribution in [0.2, 0.25) is 0 Å². The smallest absolute Gasteiger partial charge is 0.387 e. The number of rotatable bonds is 4. The van der Waals surface area contributed by atoms with E-state index in [-0.39, 0.29) is 12.1 Å². The second-order valence-corrected chi connectivity index (χ2v) is 5.73. The summed E-state index contributed by atoms with van der Waals surface area (Å²) >= 11 is 0. The Morgan fingerprint density at radius 3 is 2.92 bits per heavy atom. The van der Waals surface area contributed by atoms with E-state index in [4.69, 9.17) is 0 Å². The number of nitrogens with zero attached hydrogens (tertiary/aromatic N) is 1. The summed E-state index contributed by atoms with van der Waals surface area (Å²) in [7, 11) is 0. The maximum absolute atomic E-state index is 12.7. The average Bonchev–Trinajstić information content (AvgIpc) is 3.14. The van der Waals surface area contributed by atoms with Crippen molar-refractivity contribution in [2.45, 2.75) is 31.5 Å². The summed E-state index contributed by atoms with van der Waals surface area (Å²) < 4.78 is 38.1. The number of halogens is 3. The van der Waals surface area contributed by atoms with Gasteiger partial charge in [-0.25, -0.2) is 0 Å². The summed E-state index contributed by atoms with van der Waals surface area (Å²) in [4.78, 5) is 12.1. The predicted molar refractivity (Wildman–Crippen MR) is 79.3 cm³/mol. The van der Waals surface area contributed by atoms with E-state index in [1.165, 1.54) is 12.1 Å². The molecule has 0 bridgehead atoms. The number of amides is 1. The first kappa shape index (κ1) is 16.5. The number of alkyl halides is 3. The topological polar surface area (TPSA) is 78.0 Å². The lowest BCUT2D eigenvalue weighted by molar-refractivity contribution is -0.137. The summed E-state index contributed by atoms with van der Waals surface area (Å²) in [6, 6.07) is 4.42. The van der Waals surface area contributed by atoms with Crippen LogP contribution >= 0.6 is 0 Å². The summed E-state index contributed by atoms with van der Waals surface area (Å²) in [5, 5.41) is 19.3. The fourth-order valence-corrected chi connectivity index (χ4v) is 2.82. The van der Waals surface area contributed by atoms with Crippen molar-refractivity contribution in [2.75, 3.05) is 6.54 Å². The average molecular weight is 339 g/mol. The molecule has 1 aliphatic carbocycles. The molecule has 3 rings (SSSR count). The third-order valence-electron chi connectivity index (χ3n) is 4.08. The van der Waals surface area contributed by atoms with E-state index in [1.54, 1.807) is 0 Å². The number of benzene rings is 1. The fourth-order valence-electron chi connectivity index (χ4n) is 2.82. The van der Waals surface area contributed by atoms with Gasteiger partial charge in [0.25, 0.3) is 5.91 Å².